The van der Waals surface area contributed by atoms with E-state index in [1.807, 2.05) is 48.5 Å². The van der Waals surface area contributed by atoms with Crippen molar-refractivity contribution in [2.24, 2.45) is 0 Å². The normalized spacial score (nSPS) is 11.0. The maximum atomic E-state index is 5.35. The lowest BCUT2D eigenvalue weighted by atomic mass is 10.1. The highest BCUT2D eigenvalue weighted by molar-refractivity contribution is 5.80. The molecule has 0 aliphatic rings. The number of oxazole rings is 1. The average molecular weight is 354 g/mol. The summed E-state index contributed by atoms with van der Waals surface area (Å²) in [5.74, 6) is 1.23. The van der Waals surface area contributed by atoms with E-state index in [1.165, 1.54) is 6.39 Å². The van der Waals surface area contributed by atoms with Gasteiger partial charge in [-0.05, 0) is 30.3 Å². The molecule has 2 aromatic carbocycles. The zero-order chi connectivity index (χ0) is 18.1. The Morgan fingerprint density at radius 3 is 2.89 bits per heavy atom. The Morgan fingerprint density at radius 2 is 1.96 bits per heavy atom. The zero-order valence-corrected chi connectivity index (χ0v) is 14.1. The molecule has 5 aromatic rings. The maximum absolute atomic E-state index is 5.35. The van der Waals surface area contributed by atoms with E-state index < -0.39 is 0 Å². The Balaban J connectivity index is 1.45. The monoisotopic (exact) mass is 354 g/mol. The molecule has 0 spiro atoms. The lowest BCUT2D eigenvalue weighted by Crippen LogP contribution is -1.98. The van der Waals surface area contributed by atoms with Gasteiger partial charge in [-0.1, -0.05) is 18.2 Å². The predicted octanol–water partition coefficient (Wildman–Crippen LogP) is 4.42. The second-order valence-electron chi connectivity index (χ2n) is 5.97. The van der Waals surface area contributed by atoms with Gasteiger partial charge in [0.15, 0.2) is 12.2 Å². The molecule has 2 N–H and O–H groups in total. The summed E-state index contributed by atoms with van der Waals surface area (Å²) < 4.78 is 5.35. The molecule has 0 bridgehead atoms. The second-order valence-corrected chi connectivity index (χ2v) is 5.97. The molecule has 0 atom stereocenters. The van der Waals surface area contributed by atoms with Crippen LogP contribution < -0.4 is 5.32 Å². The number of aromatic amines is 1. The van der Waals surface area contributed by atoms with Gasteiger partial charge >= 0.3 is 0 Å². The number of fused-ring (bicyclic) bond motifs is 1. The maximum Gasteiger partial charge on any atom is 0.227 e. The molecule has 3 heterocycles. The van der Waals surface area contributed by atoms with Gasteiger partial charge in [0.2, 0.25) is 5.95 Å². The van der Waals surface area contributed by atoms with E-state index in [0.717, 1.165) is 33.5 Å². The van der Waals surface area contributed by atoms with E-state index in [1.54, 1.807) is 18.7 Å². The number of H-pyrrole nitrogens is 1. The largest absolute Gasteiger partial charge is 0.444 e. The summed E-state index contributed by atoms with van der Waals surface area (Å²) in [7, 11) is 0. The van der Waals surface area contributed by atoms with Crippen LogP contribution in [0.25, 0.3) is 33.6 Å². The first-order chi connectivity index (χ1) is 13.3. The fourth-order valence-corrected chi connectivity index (χ4v) is 2.91. The van der Waals surface area contributed by atoms with Crippen LogP contribution in [0, 0.1) is 0 Å². The highest BCUT2D eigenvalue weighted by Gasteiger charge is 2.07. The van der Waals surface area contributed by atoms with Crippen LogP contribution in [0.15, 0.2) is 78.1 Å². The number of hydrogen-bond acceptors (Lipinski definition) is 6. The van der Waals surface area contributed by atoms with Crippen molar-refractivity contribution in [2.75, 3.05) is 5.32 Å². The van der Waals surface area contributed by atoms with Gasteiger partial charge in [-0.3, -0.25) is 0 Å². The zero-order valence-electron chi connectivity index (χ0n) is 14.1. The molecule has 5 rings (SSSR count). The van der Waals surface area contributed by atoms with E-state index >= 15 is 0 Å². The van der Waals surface area contributed by atoms with Crippen molar-refractivity contribution in [1.29, 1.82) is 0 Å². The highest BCUT2D eigenvalue weighted by atomic mass is 16.3. The summed E-state index contributed by atoms with van der Waals surface area (Å²) in [6.07, 6.45) is 6.52. The highest BCUT2D eigenvalue weighted by Crippen LogP contribution is 2.25. The third-order valence-electron chi connectivity index (χ3n) is 4.21. The smallest absolute Gasteiger partial charge is 0.227 e. The lowest BCUT2D eigenvalue weighted by Gasteiger charge is -2.08. The van der Waals surface area contributed by atoms with E-state index in [4.69, 9.17) is 4.42 Å². The second kappa shape index (κ2) is 6.38. The van der Waals surface area contributed by atoms with Gasteiger partial charge in [0, 0.05) is 23.0 Å². The summed E-state index contributed by atoms with van der Waals surface area (Å²) in [6, 6.07) is 15.7. The van der Waals surface area contributed by atoms with Gasteiger partial charge < -0.3 is 14.7 Å². The Kier molecular flexibility index (Phi) is 3.61. The van der Waals surface area contributed by atoms with Crippen LogP contribution in [0.3, 0.4) is 0 Å². The van der Waals surface area contributed by atoms with Crippen molar-refractivity contribution < 1.29 is 4.42 Å². The third-order valence-corrected chi connectivity index (χ3v) is 4.21. The van der Waals surface area contributed by atoms with Crippen molar-refractivity contribution in [3.05, 3.63) is 73.6 Å². The molecule has 0 saturated carbocycles. The molecule has 0 aliphatic carbocycles. The van der Waals surface area contributed by atoms with Crippen LogP contribution >= 0.6 is 0 Å². The van der Waals surface area contributed by atoms with Gasteiger partial charge in [-0.25, -0.2) is 19.9 Å². The van der Waals surface area contributed by atoms with Gasteiger partial charge in [0.05, 0.1) is 29.3 Å². The number of benzene rings is 2. The minimum atomic E-state index is 0.520. The predicted molar refractivity (Wildman–Crippen MR) is 102 cm³/mol. The van der Waals surface area contributed by atoms with Gasteiger partial charge in [-0.2, -0.15) is 0 Å². The van der Waals surface area contributed by atoms with Crippen LogP contribution in [0.1, 0.15) is 0 Å². The average Bonchev–Trinajstić information content (AvgIpc) is 3.40. The van der Waals surface area contributed by atoms with Crippen LogP contribution in [-0.2, 0) is 0 Å². The van der Waals surface area contributed by atoms with Gasteiger partial charge in [-0.15, -0.1) is 0 Å². The molecule has 3 aromatic heterocycles. The Labute approximate surface area is 154 Å². The van der Waals surface area contributed by atoms with E-state index in [0.29, 0.717) is 11.7 Å². The summed E-state index contributed by atoms with van der Waals surface area (Å²) in [4.78, 5) is 20.3. The summed E-state index contributed by atoms with van der Waals surface area (Å²) in [6.45, 7) is 0. The third kappa shape index (κ3) is 3.02. The van der Waals surface area contributed by atoms with Gasteiger partial charge in [0.25, 0.3) is 0 Å². The quantitative estimate of drug-likeness (QED) is 0.496. The number of nitrogens with zero attached hydrogens (tertiary/aromatic N) is 4. The standard InChI is InChI=1S/C20H14N6O/c1-2-14(19-10-21-12-27-19)8-15(3-1)25-20-22-7-6-16(26-20)13-4-5-17-18(9-13)24-11-23-17/h1-12H,(H,23,24)(H,22,25,26). The number of rotatable bonds is 4. The molecule has 7 heteroatoms. The van der Waals surface area contributed by atoms with Crippen LogP contribution in [0.5, 0.6) is 0 Å². The first kappa shape index (κ1) is 15.3. The first-order valence-electron chi connectivity index (χ1n) is 8.38. The lowest BCUT2D eigenvalue weighted by molar-refractivity contribution is 0.572. The summed E-state index contributed by atoms with van der Waals surface area (Å²) >= 11 is 0. The van der Waals surface area contributed by atoms with E-state index in [-0.39, 0.29) is 0 Å². The van der Waals surface area contributed by atoms with Gasteiger partial charge in [0.1, 0.15) is 0 Å². The molecule has 0 aliphatic heterocycles. The molecule has 0 saturated heterocycles. The molecule has 0 amide bonds. The molecule has 0 unspecified atom stereocenters. The molecular formula is C20H14N6O. The summed E-state index contributed by atoms with van der Waals surface area (Å²) in [5, 5.41) is 3.24. The minimum Gasteiger partial charge on any atom is -0.444 e. The SMILES string of the molecule is c1cc(Nc2nccc(-c3ccc4nc[nH]c4c3)n2)cc(-c2cnco2)c1. The minimum absolute atomic E-state index is 0.520. The number of aromatic nitrogens is 5. The topological polar surface area (TPSA) is 92.5 Å². The van der Waals surface area contributed by atoms with Crippen LogP contribution in [-0.4, -0.2) is 24.9 Å². The van der Waals surface area contributed by atoms with Crippen molar-refractivity contribution in [3.8, 4) is 22.6 Å². The summed E-state index contributed by atoms with van der Waals surface area (Å²) in [5.41, 5.74) is 5.52. The molecule has 0 radical (unpaired) electrons. The number of anilines is 2. The molecular weight excluding hydrogens is 340 g/mol. The fourth-order valence-electron chi connectivity index (χ4n) is 2.91. The van der Waals surface area contributed by atoms with Crippen molar-refractivity contribution in [3.63, 3.8) is 0 Å². The molecule has 7 nitrogen and oxygen atoms in total. The molecule has 0 fully saturated rings. The van der Waals surface area contributed by atoms with E-state index in [2.05, 4.69) is 30.2 Å². The van der Waals surface area contributed by atoms with Crippen molar-refractivity contribution in [2.45, 2.75) is 0 Å². The van der Waals surface area contributed by atoms with Crippen molar-refractivity contribution >= 4 is 22.7 Å². The number of nitrogens with one attached hydrogen (secondary N) is 2. The van der Waals surface area contributed by atoms with Crippen LogP contribution in [0.4, 0.5) is 11.6 Å². The van der Waals surface area contributed by atoms with Crippen molar-refractivity contribution in [1.82, 2.24) is 24.9 Å². The Hall–Kier alpha value is -4.00. The Bertz CT molecular complexity index is 1210. The number of imidazole rings is 1. The number of hydrogen-bond donors (Lipinski definition) is 2. The molecule has 27 heavy (non-hydrogen) atoms. The molecule has 130 valence electrons. The van der Waals surface area contributed by atoms with E-state index in [9.17, 15) is 0 Å². The Morgan fingerprint density at radius 1 is 0.963 bits per heavy atom. The van der Waals surface area contributed by atoms with Crippen LogP contribution in [0.2, 0.25) is 0 Å². The first-order valence-corrected chi connectivity index (χ1v) is 8.38. The fraction of sp³-hybridized carbons (Fsp3) is 0.